The van der Waals surface area contributed by atoms with Crippen LogP contribution in [0.5, 0.6) is 0 Å². The minimum absolute atomic E-state index is 0. The first-order valence-electron chi connectivity index (χ1n) is 1.70. The molecule has 1 heterocycles. The fourth-order valence-electron chi connectivity index (χ4n) is 0.253. The monoisotopic (exact) mass is 200 g/mol. The second-order valence-electron chi connectivity index (χ2n) is 0.894. The molecule has 0 N–H and O–H groups in total. The Morgan fingerprint density at radius 2 is 1.00 bits per heavy atom. The van der Waals surface area contributed by atoms with E-state index in [1.54, 1.807) is 24.8 Å². The molecule has 0 aromatic carbocycles. The van der Waals surface area contributed by atoms with E-state index in [9.17, 15) is 0 Å². The number of hydrogen-bond acceptors (Lipinski definition) is 2. The molecular formula is C4H4N2Sn. The largest absolute Gasteiger partial charge is 0.262 e. The quantitative estimate of drug-likeness (QED) is 0.553. The molecule has 0 unspecified atom stereocenters. The van der Waals surface area contributed by atoms with Gasteiger partial charge >= 0.3 is 0 Å². The van der Waals surface area contributed by atoms with E-state index in [-0.39, 0.29) is 23.9 Å². The van der Waals surface area contributed by atoms with Crippen molar-refractivity contribution in [2.75, 3.05) is 0 Å². The molecule has 0 fully saturated rings. The normalized spacial score (nSPS) is 6.86. The molecule has 34 valence electrons. The molecule has 0 saturated carbocycles. The van der Waals surface area contributed by atoms with Crippen LogP contribution in [0.2, 0.25) is 0 Å². The topological polar surface area (TPSA) is 25.8 Å². The molecule has 3 heteroatoms. The van der Waals surface area contributed by atoms with Crippen LogP contribution < -0.4 is 0 Å². The van der Waals surface area contributed by atoms with Gasteiger partial charge in [0.15, 0.2) is 0 Å². The van der Waals surface area contributed by atoms with Crippen molar-refractivity contribution in [3.05, 3.63) is 24.8 Å². The van der Waals surface area contributed by atoms with Crippen LogP contribution in [0.3, 0.4) is 0 Å². The third-order valence-corrected chi connectivity index (χ3v) is 0.478. The first kappa shape index (κ1) is 6.88. The summed E-state index contributed by atoms with van der Waals surface area (Å²) in [7, 11) is 0. The second kappa shape index (κ2) is 4.05. The van der Waals surface area contributed by atoms with Gasteiger partial charge in [0, 0.05) is 48.7 Å². The van der Waals surface area contributed by atoms with E-state index in [0.29, 0.717) is 0 Å². The SMILES string of the molecule is [Sn].c1cnccn1. The molecule has 0 atom stereocenters. The van der Waals surface area contributed by atoms with Gasteiger partial charge in [0.05, 0.1) is 0 Å². The van der Waals surface area contributed by atoms with E-state index in [1.807, 2.05) is 0 Å². The Hall–Kier alpha value is -0.121. The zero-order valence-electron chi connectivity index (χ0n) is 3.70. The maximum Gasteiger partial charge on any atom is 0.0451 e. The van der Waals surface area contributed by atoms with Gasteiger partial charge in [-0.1, -0.05) is 0 Å². The Balaban J connectivity index is 0.000000360. The molecular weight excluding hydrogens is 195 g/mol. The van der Waals surface area contributed by atoms with Crippen molar-refractivity contribution >= 4 is 23.9 Å². The summed E-state index contributed by atoms with van der Waals surface area (Å²) in [4.78, 5) is 7.44. The van der Waals surface area contributed by atoms with Gasteiger partial charge < -0.3 is 0 Å². The smallest absolute Gasteiger partial charge is 0.0451 e. The Labute approximate surface area is 58.9 Å². The van der Waals surface area contributed by atoms with Crippen molar-refractivity contribution in [3.63, 3.8) is 0 Å². The minimum atomic E-state index is 0. The fourth-order valence-corrected chi connectivity index (χ4v) is 0.253. The molecule has 4 radical (unpaired) electrons. The molecule has 0 bridgehead atoms. The van der Waals surface area contributed by atoms with Gasteiger partial charge in [-0.2, -0.15) is 0 Å². The van der Waals surface area contributed by atoms with Gasteiger partial charge in [-0.25, -0.2) is 0 Å². The number of aromatic nitrogens is 2. The summed E-state index contributed by atoms with van der Waals surface area (Å²) in [6.45, 7) is 0. The average Bonchev–Trinajstić information content (AvgIpc) is 1.72. The standard InChI is InChI=1S/C4H4N2.Sn/c1-2-6-4-3-5-1;/h1-4H;. The van der Waals surface area contributed by atoms with E-state index in [2.05, 4.69) is 9.97 Å². The van der Waals surface area contributed by atoms with Crippen molar-refractivity contribution < 1.29 is 0 Å². The summed E-state index contributed by atoms with van der Waals surface area (Å²) in [6.07, 6.45) is 6.56. The Morgan fingerprint density at radius 1 is 0.714 bits per heavy atom. The Bertz CT molecular complexity index is 81.6. The predicted molar refractivity (Wildman–Crippen MR) is 27.8 cm³/mol. The molecule has 0 aliphatic heterocycles. The van der Waals surface area contributed by atoms with Crippen LogP contribution in [0.1, 0.15) is 0 Å². The summed E-state index contributed by atoms with van der Waals surface area (Å²) in [5.41, 5.74) is 0. The van der Waals surface area contributed by atoms with E-state index < -0.39 is 0 Å². The van der Waals surface area contributed by atoms with E-state index in [4.69, 9.17) is 0 Å². The van der Waals surface area contributed by atoms with Crippen molar-refractivity contribution in [1.82, 2.24) is 9.97 Å². The van der Waals surface area contributed by atoms with Crippen molar-refractivity contribution in [1.29, 1.82) is 0 Å². The maximum absolute atomic E-state index is 3.72. The van der Waals surface area contributed by atoms with Crippen LogP contribution in [0.25, 0.3) is 0 Å². The maximum atomic E-state index is 3.72. The summed E-state index contributed by atoms with van der Waals surface area (Å²) in [6, 6.07) is 0. The van der Waals surface area contributed by atoms with Crippen LogP contribution >= 0.6 is 0 Å². The predicted octanol–water partition coefficient (Wildman–Crippen LogP) is 0.0958. The minimum Gasteiger partial charge on any atom is -0.262 e. The number of hydrogen-bond donors (Lipinski definition) is 0. The van der Waals surface area contributed by atoms with Crippen LogP contribution in [0.15, 0.2) is 24.8 Å². The zero-order chi connectivity index (χ0) is 4.24. The van der Waals surface area contributed by atoms with Gasteiger partial charge in [-0.05, 0) is 0 Å². The second-order valence-corrected chi connectivity index (χ2v) is 0.894. The summed E-state index contributed by atoms with van der Waals surface area (Å²) in [5, 5.41) is 0. The molecule has 0 saturated heterocycles. The van der Waals surface area contributed by atoms with E-state index in [0.717, 1.165) is 0 Å². The van der Waals surface area contributed by atoms with Crippen LogP contribution in [-0.4, -0.2) is 33.9 Å². The molecule has 2 nitrogen and oxygen atoms in total. The van der Waals surface area contributed by atoms with Crippen LogP contribution in [0, 0.1) is 0 Å². The summed E-state index contributed by atoms with van der Waals surface area (Å²) >= 11 is 0. The average molecular weight is 199 g/mol. The molecule has 7 heavy (non-hydrogen) atoms. The molecule has 1 rings (SSSR count). The van der Waals surface area contributed by atoms with Gasteiger partial charge in [0.25, 0.3) is 0 Å². The number of rotatable bonds is 0. The van der Waals surface area contributed by atoms with Gasteiger partial charge in [0.1, 0.15) is 0 Å². The van der Waals surface area contributed by atoms with Gasteiger partial charge in [-0.3, -0.25) is 9.97 Å². The third-order valence-electron chi connectivity index (χ3n) is 0.478. The Morgan fingerprint density at radius 3 is 1.14 bits per heavy atom. The first-order chi connectivity index (χ1) is 3.00. The van der Waals surface area contributed by atoms with Crippen molar-refractivity contribution in [3.8, 4) is 0 Å². The third kappa shape index (κ3) is 2.56. The van der Waals surface area contributed by atoms with E-state index >= 15 is 0 Å². The molecule has 0 aliphatic rings. The molecule has 0 aliphatic carbocycles. The summed E-state index contributed by atoms with van der Waals surface area (Å²) < 4.78 is 0. The molecule has 1 aromatic heterocycles. The molecule has 0 spiro atoms. The van der Waals surface area contributed by atoms with Crippen molar-refractivity contribution in [2.45, 2.75) is 0 Å². The van der Waals surface area contributed by atoms with Crippen molar-refractivity contribution in [2.24, 2.45) is 0 Å². The van der Waals surface area contributed by atoms with Gasteiger partial charge in [0.2, 0.25) is 0 Å². The number of nitrogens with zero attached hydrogens (tertiary/aromatic N) is 2. The van der Waals surface area contributed by atoms with Gasteiger partial charge in [-0.15, -0.1) is 0 Å². The summed E-state index contributed by atoms with van der Waals surface area (Å²) in [5.74, 6) is 0. The van der Waals surface area contributed by atoms with Crippen LogP contribution in [-0.2, 0) is 0 Å². The Kier molecular flexibility index (Phi) is 3.98. The molecule has 1 aromatic rings. The first-order valence-corrected chi connectivity index (χ1v) is 1.70. The molecule has 0 amide bonds. The van der Waals surface area contributed by atoms with E-state index in [1.165, 1.54) is 0 Å². The van der Waals surface area contributed by atoms with Crippen LogP contribution in [0.4, 0.5) is 0 Å². The fraction of sp³-hybridized carbons (Fsp3) is 0. The zero-order valence-corrected chi connectivity index (χ0v) is 6.56.